The lowest BCUT2D eigenvalue weighted by molar-refractivity contribution is -0.125. The summed E-state index contributed by atoms with van der Waals surface area (Å²) in [5.41, 5.74) is 0.670. The molecule has 1 aromatic rings. The van der Waals surface area contributed by atoms with Crippen molar-refractivity contribution < 1.29 is 14.4 Å². The molecule has 1 saturated carbocycles. The maximum atomic E-state index is 12.5. The molecule has 2 fully saturated rings. The number of anilines is 1. The molecular formula is C15H15NO3. The number of amides is 2. The number of aldehydes is 1. The lowest BCUT2D eigenvalue weighted by atomic mass is 9.84. The third-order valence-electron chi connectivity index (χ3n) is 4.24. The van der Waals surface area contributed by atoms with Gasteiger partial charge in [-0.2, -0.15) is 0 Å². The van der Waals surface area contributed by atoms with Crippen LogP contribution in [0.2, 0.25) is 0 Å². The summed E-state index contributed by atoms with van der Waals surface area (Å²) in [4.78, 5) is 36.6. The molecule has 98 valence electrons. The molecule has 0 atom stereocenters. The lowest BCUT2D eigenvalue weighted by Crippen LogP contribution is -2.34. The zero-order valence-corrected chi connectivity index (χ0v) is 10.6. The normalized spacial score (nSPS) is 21.4. The molecule has 1 aliphatic heterocycles. The van der Waals surface area contributed by atoms with Crippen LogP contribution < -0.4 is 4.90 Å². The highest BCUT2D eigenvalue weighted by atomic mass is 16.2. The molecule has 3 rings (SSSR count). The molecule has 0 aromatic heterocycles. The van der Waals surface area contributed by atoms with E-state index in [1.165, 1.54) is 4.90 Å². The number of hydrogen-bond donors (Lipinski definition) is 0. The van der Waals surface area contributed by atoms with Crippen molar-refractivity contribution in [2.45, 2.75) is 32.1 Å². The quantitative estimate of drug-likeness (QED) is 0.603. The van der Waals surface area contributed by atoms with Crippen molar-refractivity contribution >= 4 is 23.8 Å². The number of benzene rings is 1. The first kappa shape index (κ1) is 12.1. The lowest BCUT2D eigenvalue weighted by Gasteiger charge is -2.20. The fraction of sp³-hybridized carbons (Fsp3) is 0.400. The van der Waals surface area contributed by atoms with E-state index in [1.54, 1.807) is 24.3 Å². The van der Waals surface area contributed by atoms with E-state index < -0.39 is 5.41 Å². The molecule has 0 N–H and O–H groups in total. The van der Waals surface area contributed by atoms with Gasteiger partial charge in [0.15, 0.2) is 0 Å². The highest BCUT2D eigenvalue weighted by Gasteiger charge is 2.52. The van der Waals surface area contributed by atoms with E-state index in [2.05, 4.69) is 0 Å². The Morgan fingerprint density at radius 3 is 2.26 bits per heavy atom. The van der Waals surface area contributed by atoms with Gasteiger partial charge in [0.05, 0.1) is 11.1 Å². The zero-order valence-electron chi connectivity index (χ0n) is 10.6. The van der Waals surface area contributed by atoms with Crippen LogP contribution in [-0.4, -0.2) is 18.1 Å². The van der Waals surface area contributed by atoms with E-state index in [-0.39, 0.29) is 11.8 Å². The summed E-state index contributed by atoms with van der Waals surface area (Å²) in [5.74, 6) is -0.181. The van der Waals surface area contributed by atoms with Gasteiger partial charge in [0, 0.05) is 12.0 Å². The summed E-state index contributed by atoms with van der Waals surface area (Å²) in [6.45, 7) is 0. The zero-order chi connectivity index (χ0) is 13.5. The maximum Gasteiger partial charge on any atom is 0.240 e. The van der Waals surface area contributed by atoms with Crippen LogP contribution in [0, 0.1) is 5.41 Å². The van der Waals surface area contributed by atoms with Crippen LogP contribution in [0.4, 0.5) is 5.69 Å². The molecule has 1 spiro atoms. The van der Waals surface area contributed by atoms with Crippen molar-refractivity contribution in [2.75, 3.05) is 4.90 Å². The largest absolute Gasteiger partial charge is 0.298 e. The molecule has 2 aliphatic rings. The van der Waals surface area contributed by atoms with Crippen molar-refractivity contribution in [3.8, 4) is 0 Å². The standard InChI is InChI=1S/C15H15NO3/c17-10-11-3-5-12(6-4-11)16-13(18)9-15(14(16)19)7-1-2-8-15/h3-6,10H,1-2,7-9H2. The molecule has 2 amide bonds. The van der Waals surface area contributed by atoms with Crippen LogP contribution >= 0.6 is 0 Å². The van der Waals surface area contributed by atoms with Gasteiger partial charge < -0.3 is 0 Å². The summed E-state index contributed by atoms with van der Waals surface area (Å²) in [6, 6.07) is 6.58. The first-order chi connectivity index (χ1) is 9.16. The van der Waals surface area contributed by atoms with E-state index in [1.807, 2.05) is 0 Å². The van der Waals surface area contributed by atoms with Crippen molar-refractivity contribution in [1.29, 1.82) is 0 Å². The molecule has 0 unspecified atom stereocenters. The number of hydrogen-bond acceptors (Lipinski definition) is 3. The molecule has 1 saturated heterocycles. The van der Waals surface area contributed by atoms with Gasteiger partial charge in [-0.1, -0.05) is 12.8 Å². The Balaban J connectivity index is 1.93. The molecule has 0 bridgehead atoms. The number of carbonyl (C=O) groups excluding carboxylic acids is 3. The fourth-order valence-electron chi connectivity index (χ4n) is 3.20. The topological polar surface area (TPSA) is 54.5 Å². The van der Waals surface area contributed by atoms with Gasteiger partial charge in [-0.15, -0.1) is 0 Å². The second-order valence-corrected chi connectivity index (χ2v) is 5.41. The predicted octanol–water partition coefficient (Wildman–Crippen LogP) is 2.32. The number of imide groups is 1. The second kappa shape index (κ2) is 4.30. The van der Waals surface area contributed by atoms with Gasteiger partial charge in [0.25, 0.3) is 0 Å². The first-order valence-corrected chi connectivity index (χ1v) is 6.59. The fourth-order valence-corrected chi connectivity index (χ4v) is 3.20. The average molecular weight is 257 g/mol. The highest BCUT2D eigenvalue weighted by Crippen LogP contribution is 2.47. The van der Waals surface area contributed by atoms with E-state index in [4.69, 9.17) is 0 Å². The van der Waals surface area contributed by atoms with E-state index in [9.17, 15) is 14.4 Å². The van der Waals surface area contributed by atoms with Gasteiger partial charge in [0.2, 0.25) is 11.8 Å². The van der Waals surface area contributed by atoms with E-state index >= 15 is 0 Å². The Kier molecular flexibility index (Phi) is 2.73. The summed E-state index contributed by atoms with van der Waals surface area (Å²) < 4.78 is 0. The van der Waals surface area contributed by atoms with Crippen LogP contribution in [0.15, 0.2) is 24.3 Å². The van der Waals surface area contributed by atoms with Gasteiger partial charge in [-0.05, 0) is 37.1 Å². The first-order valence-electron chi connectivity index (χ1n) is 6.59. The second-order valence-electron chi connectivity index (χ2n) is 5.41. The van der Waals surface area contributed by atoms with Crippen molar-refractivity contribution in [1.82, 2.24) is 0 Å². The number of rotatable bonds is 2. The molecular weight excluding hydrogens is 242 g/mol. The number of nitrogens with zero attached hydrogens (tertiary/aromatic N) is 1. The predicted molar refractivity (Wildman–Crippen MR) is 69.8 cm³/mol. The van der Waals surface area contributed by atoms with Crippen molar-refractivity contribution in [3.05, 3.63) is 29.8 Å². The van der Waals surface area contributed by atoms with E-state index in [0.717, 1.165) is 32.0 Å². The minimum absolute atomic E-state index is 0.0612. The summed E-state index contributed by atoms with van der Waals surface area (Å²) >= 11 is 0. The molecule has 1 aliphatic carbocycles. The summed E-state index contributed by atoms with van der Waals surface area (Å²) in [6.07, 6.45) is 4.77. The van der Waals surface area contributed by atoms with Crippen molar-refractivity contribution in [2.24, 2.45) is 5.41 Å². The van der Waals surface area contributed by atoms with Crippen LogP contribution in [0.3, 0.4) is 0 Å². The Hall–Kier alpha value is -1.97. The Bertz CT molecular complexity index is 541. The molecule has 1 aromatic carbocycles. The molecule has 4 nitrogen and oxygen atoms in total. The average Bonchev–Trinajstić information content (AvgIpc) is 2.97. The van der Waals surface area contributed by atoms with E-state index in [0.29, 0.717) is 17.7 Å². The molecule has 4 heteroatoms. The van der Waals surface area contributed by atoms with Crippen LogP contribution in [-0.2, 0) is 9.59 Å². The van der Waals surface area contributed by atoms with Gasteiger partial charge in [-0.3, -0.25) is 19.3 Å². The smallest absolute Gasteiger partial charge is 0.240 e. The van der Waals surface area contributed by atoms with Crippen LogP contribution in [0.5, 0.6) is 0 Å². The highest BCUT2D eigenvalue weighted by molar-refractivity contribution is 6.22. The summed E-state index contributed by atoms with van der Waals surface area (Å²) in [5, 5.41) is 0. The Morgan fingerprint density at radius 2 is 1.68 bits per heavy atom. The third-order valence-corrected chi connectivity index (χ3v) is 4.24. The minimum Gasteiger partial charge on any atom is -0.298 e. The van der Waals surface area contributed by atoms with Gasteiger partial charge >= 0.3 is 0 Å². The monoisotopic (exact) mass is 257 g/mol. The van der Waals surface area contributed by atoms with Gasteiger partial charge in [-0.25, -0.2) is 0 Å². The minimum atomic E-state index is -0.444. The maximum absolute atomic E-state index is 12.5. The molecule has 1 heterocycles. The molecule has 19 heavy (non-hydrogen) atoms. The Morgan fingerprint density at radius 1 is 1.05 bits per heavy atom. The third kappa shape index (κ3) is 1.79. The van der Waals surface area contributed by atoms with Crippen LogP contribution in [0.1, 0.15) is 42.5 Å². The molecule has 0 radical (unpaired) electrons. The van der Waals surface area contributed by atoms with Crippen LogP contribution in [0.25, 0.3) is 0 Å². The summed E-state index contributed by atoms with van der Waals surface area (Å²) in [7, 11) is 0. The van der Waals surface area contributed by atoms with Gasteiger partial charge in [0.1, 0.15) is 6.29 Å². The SMILES string of the molecule is O=Cc1ccc(N2C(=O)CC3(CCCC3)C2=O)cc1. The number of carbonyl (C=O) groups is 3. The van der Waals surface area contributed by atoms with Crippen molar-refractivity contribution in [3.63, 3.8) is 0 Å². The Labute approximate surface area is 111 Å².